The summed E-state index contributed by atoms with van der Waals surface area (Å²) in [5, 5.41) is 27.1. The van der Waals surface area contributed by atoms with Gasteiger partial charge in [-0.05, 0) is 6.07 Å². The second kappa shape index (κ2) is 4.18. The van der Waals surface area contributed by atoms with Crippen LogP contribution in [-0.2, 0) is 14.8 Å². The molecule has 0 bridgehead atoms. The molecule has 0 aromatic heterocycles. The normalized spacial score (nSPS) is 11.3. The van der Waals surface area contributed by atoms with Crippen molar-refractivity contribution in [3.8, 4) is 11.5 Å². The first-order valence-electron chi connectivity index (χ1n) is 3.91. The van der Waals surface area contributed by atoms with E-state index in [1.54, 1.807) is 0 Å². The number of carbonyl (C=O) groups is 1. The van der Waals surface area contributed by atoms with E-state index in [1.807, 2.05) is 0 Å². The molecular formula is C8H7ClO6S. The van der Waals surface area contributed by atoms with Crippen LogP contribution in [0.2, 0.25) is 0 Å². The summed E-state index contributed by atoms with van der Waals surface area (Å²) in [7, 11) is 1.05. The molecule has 0 radical (unpaired) electrons. The van der Waals surface area contributed by atoms with E-state index in [-0.39, 0.29) is 5.56 Å². The molecule has 0 unspecified atom stereocenters. The molecule has 88 valence electrons. The molecule has 3 N–H and O–H groups in total. The van der Waals surface area contributed by atoms with Crippen LogP contribution in [0.3, 0.4) is 0 Å². The Morgan fingerprint density at radius 1 is 1.25 bits per heavy atom. The van der Waals surface area contributed by atoms with E-state index in [1.165, 1.54) is 0 Å². The average Bonchev–Trinajstić information content (AvgIpc) is 2.07. The van der Waals surface area contributed by atoms with Gasteiger partial charge in [0.15, 0.2) is 0 Å². The molecular weight excluding hydrogens is 260 g/mol. The molecule has 8 heteroatoms. The molecule has 1 aromatic rings. The van der Waals surface area contributed by atoms with E-state index >= 15 is 0 Å². The predicted octanol–water partition coefficient (Wildman–Crippen LogP) is 0.865. The van der Waals surface area contributed by atoms with Gasteiger partial charge < -0.3 is 15.3 Å². The number of hydrogen-bond acceptors (Lipinski definition) is 5. The maximum atomic E-state index is 10.8. The summed E-state index contributed by atoms with van der Waals surface area (Å²) in [6.07, 6.45) is 0. The lowest BCUT2D eigenvalue weighted by Gasteiger charge is -2.05. The summed E-state index contributed by atoms with van der Waals surface area (Å²) >= 11 is 0. The van der Waals surface area contributed by atoms with Gasteiger partial charge in [-0.25, -0.2) is 13.2 Å². The van der Waals surface area contributed by atoms with Crippen molar-refractivity contribution < 1.29 is 28.5 Å². The Labute approximate surface area is 95.1 Å². The highest BCUT2D eigenvalue weighted by Gasteiger charge is 2.17. The lowest BCUT2D eigenvalue weighted by molar-refractivity contribution is 0.0693. The number of aromatic carboxylic acids is 1. The van der Waals surface area contributed by atoms with Crippen molar-refractivity contribution in [1.82, 2.24) is 0 Å². The number of benzene rings is 1. The van der Waals surface area contributed by atoms with Crippen LogP contribution in [0.15, 0.2) is 12.1 Å². The number of phenolic OH excluding ortho intramolecular Hbond substituents is 1. The van der Waals surface area contributed by atoms with E-state index in [2.05, 4.69) is 0 Å². The van der Waals surface area contributed by atoms with Gasteiger partial charge in [-0.15, -0.1) is 0 Å². The molecule has 0 amide bonds. The third kappa shape index (κ3) is 3.01. The molecule has 0 saturated heterocycles. The highest BCUT2D eigenvalue weighted by atomic mass is 35.7. The summed E-state index contributed by atoms with van der Waals surface area (Å²) in [5.41, 5.74) is -0.696. The molecule has 1 rings (SSSR count). The maximum absolute atomic E-state index is 10.8. The Kier molecular flexibility index (Phi) is 3.30. The van der Waals surface area contributed by atoms with Gasteiger partial charge in [0, 0.05) is 22.3 Å². The molecule has 0 aliphatic heterocycles. The fourth-order valence-corrected chi connectivity index (χ4v) is 2.05. The van der Waals surface area contributed by atoms with Gasteiger partial charge in [-0.1, -0.05) is 0 Å². The van der Waals surface area contributed by atoms with Crippen LogP contribution < -0.4 is 0 Å². The standard InChI is InChI=1S/C8H7ClO6S/c9-16(14,15)3-4-1-5(8(12)13)7(11)2-6(4)10/h1-2,10-11H,3H2,(H,12,13). The van der Waals surface area contributed by atoms with E-state index in [0.29, 0.717) is 0 Å². The van der Waals surface area contributed by atoms with Gasteiger partial charge in [-0.2, -0.15) is 0 Å². The third-order valence-electron chi connectivity index (χ3n) is 1.76. The van der Waals surface area contributed by atoms with Crippen molar-refractivity contribution in [2.45, 2.75) is 5.75 Å². The topological polar surface area (TPSA) is 112 Å². The Hall–Kier alpha value is -1.47. The van der Waals surface area contributed by atoms with Crippen LogP contribution in [0.25, 0.3) is 0 Å². The van der Waals surface area contributed by atoms with Gasteiger partial charge in [0.1, 0.15) is 17.1 Å². The SMILES string of the molecule is O=C(O)c1cc(CS(=O)(=O)Cl)c(O)cc1O. The molecule has 0 fully saturated rings. The predicted molar refractivity (Wildman–Crippen MR) is 55.2 cm³/mol. The number of phenols is 2. The molecule has 16 heavy (non-hydrogen) atoms. The summed E-state index contributed by atoms with van der Waals surface area (Å²) in [6, 6.07) is 1.60. The van der Waals surface area contributed by atoms with E-state index < -0.39 is 37.8 Å². The quantitative estimate of drug-likeness (QED) is 0.700. The second-order valence-corrected chi connectivity index (χ2v) is 5.76. The van der Waals surface area contributed by atoms with Crippen molar-refractivity contribution in [2.75, 3.05) is 0 Å². The molecule has 6 nitrogen and oxygen atoms in total. The van der Waals surface area contributed by atoms with Gasteiger partial charge in [0.25, 0.3) is 0 Å². The summed E-state index contributed by atoms with van der Waals surface area (Å²) in [4.78, 5) is 10.6. The molecule has 0 atom stereocenters. The third-order valence-corrected chi connectivity index (χ3v) is 2.74. The highest BCUT2D eigenvalue weighted by Crippen LogP contribution is 2.29. The number of halogens is 1. The Morgan fingerprint density at radius 3 is 2.25 bits per heavy atom. The zero-order valence-electron chi connectivity index (χ0n) is 7.71. The smallest absolute Gasteiger partial charge is 0.339 e. The number of carboxylic acids is 1. The maximum Gasteiger partial charge on any atom is 0.339 e. The zero-order valence-corrected chi connectivity index (χ0v) is 9.29. The van der Waals surface area contributed by atoms with Crippen molar-refractivity contribution in [3.05, 3.63) is 23.3 Å². The summed E-state index contributed by atoms with van der Waals surface area (Å²) < 4.78 is 21.5. The molecule has 0 saturated carbocycles. The average molecular weight is 267 g/mol. The van der Waals surface area contributed by atoms with E-state index in [4.69, 9.17) is 20.9 Å². The Balaban J connectivity index is 3.31. The van der Waals surface area contributed by atoms with Crippen molar-refractivity contribution >= 4 is 25.7 Å². The molecule has 0 spiro atoms. The van der Waals surface area contributed by atoms with Crippen molar-refractivity contribution in [1.29, 1.82) is 0 Å². The first-order valence-corrected chi connectivity index (χ1v) is 6.39. The van der Waals surface area contributed by atoms with Crippen LogP contribution in [0.1, 0.15) is 15.9 Å². The molecule has 1 aromatic carbocycles. The first-order chi connectivity index (χ1) is 7.20. The van der Waals surface area contributed by atoms with Crippen LogP contribution in [0.5, 0.6) is 11.5 Å². The minimum absolute atomic E-state index is 0.190. The largest absolute Gasteiger partial charge is 0.507 e. The molecule has 0 aliphatic carbocycles. The lowest BCUT2D eigenvalue weighted by atomic mass is 10.1. The van der Waals surface area contributed by atoms with E-state index in [9.17, 15) is 18.3 Å². The van der Waals surface area contributed by atoms with E-state index in [0.717, 1.165) is 12.1 Å². The van der Waals surface area contributed by atoms with Crippen LogP contribution in [0.4, 0.5) is 0 Å². The van der Waals surface area contributed by atoms with Gasteiger partial charge in [-0.3, -0.25) is 0 Å². The van der Waals surface area contributed by atoms with Gasteiger partial charge in [0.2, 0.25) is 9.05 Å². The molecule has 0 aliphatic rings. The summed E-state index contributed by atoms with van der Waals surface area (Å²) in [5.74, 6) is -3.35. The minimum atomic E-state index is -3.92. The fourth-order valence-electron chi connectivity index (χ4n) is 1.09. The van der Waals surface area contributed by atoms with Crippen LogP contribution >= 0.6 is 10.7 Å². The van der Waals surface area contributed by atoms with Crippen molar-refractivity contribution in [2.24, 2.45) is 0 Å². The number of carboxylic acid groups (broad SMARTS) is 1. The monoisotopic (exact) mass is 266 g/mol. The van der Waals surface area contributed by atoms with Gasteiger partial charge in [0.05, 0.1) is 5.75 Å². The second-order valence-electron chi connectivity index (χ2n) is 2.99. The lowest BCUT2D eigenvalue weighted by Crippen LogP contribution is -2.01. The summed E-state index contributed by atoms with van der Waals surface area (Å²) in [6.45, 7) is 0. The first kappa shape index (κ1) is 12.6. The number of aromatic hydroxyl groups is 2. The molecule has 0 heterocycles. The van der Waals surface area contributed by atoms with Crippen LogP contribution in [-0.4, -0.2) is 29.7 Å². The fraction of sp³-hybridized carbons (Fsp3) is 0.125. The van der Waals surface area contributed by atoms with Crippen molar-refractivity contribution in [3.63, 3.8) is 0 Å². The number of rotatable bonds is 3. The van der Waals surface area contributed by atoms with Crippen LogP contribution in [0, 0.1) is 0 Å². The highest BCUT2D eigenvalue weighted by molar-refractivity contribution is 8.13. The Bertz CT molecular complexity index is 536. The number of hydrogen-bond donors (Lipinski definition) is 3. The minimum Gasteiger partial charge on any atom is -0.507 e. The zero-order chi connectivity index (χ0) is 12.5. The van der Waals surface area contributed by atoms with Gasteiger partial charge >= 0.3 is 5.97 Å². The Morgan fingerprint density at radius 2 is 1.81 bits per heavy atom.